The molecule has 0 aliphatic carbocycles. The zero-order valence-electron chi connectivity index (χ0n) is 13.9. The van der Waals surface area contributed by atoms with Crippen LogP contribution in [0.15, 0.2) is 53.4 Å². The van der Waals surface area contributed by atoms with E-state index in [1.54, 1.807) is 12.1 Å². The second-order valence-electron chi connectivity index (χ2n) is 5.04. The van der Waals surface area contributed by atoms with Crippen LogP contribution in [0.2, 0.25) is 5.02 Å². The van der Waals surface area contributed by atoms with Crippen LogP contribution in [0.1, 0.15) is 20.7 Å². The summed E-state index contributed by atoms with van der Waals surface area (Å²) < 4.78 is 25.1. The fraction of sp³-hybridized carbons (Fsp3) is 0.125. The van der Waals surface area contributed by atoms with Crippen molar-refractivity contribution in [2.75, 3.05) is 14.2 Å². The number of sulfonamides is 1. The topological polar surface area (TPSA) is 105 Å². The summed E-state index contributed by atoms with van der Waals surface area (Å²) >= 11 is 5.81. The van der Waals surface area contributed by atoms with Crippen LogP contribution in [-0.4, -0.2) is 38.9 Å². The second kappa shape index (κ2) is 8.28. The van der Waals surface area contributed by atoms with Gasteiger partial charge in [0, 0.05) is 23.2 Å². The fourth-order valence-electron chi connectivity index (χ4n) is 1.93. The number of halogens is 1. The van der Waals surface area contributed by atoms with Crippen LogP contribution in [0.25, 0.3) is 0 Å². The molecule has 2 rings (SSSR count). The first-order chi connectivity index (χ1) is 12.3. The number of nitrogens with one attached hydrogen (secondary N) is 2. The first-order valence-electron chi connectivity index (χ1n) is 7.25. The van der Waals surface area contributed by atoms with Gasteiger partial charge in [-0.25, -0.2) is 8.42 Å². The van der Waals surface area contributed by atoms with Gasteiger partial charge in [0.15, 0.2) is 0 Å². The smallest absolute Gasteiger partial charge is 0.269 e. The monoisotopic (exact) mass is 397 g/mol. The Balaban J connectivity index is 2.11. The van der Waals surface area contributed by atoms with E-state index in [2.05, 4.69) is 15.7 Å². The number of hydrogen-bond acceptors (Lipinski definition) is 5. The zero-order chi connectivity index (χ0) is 19.3. The summed E-state index contributed by atoms with van der Waals surface area (Å²) in [6.45, 7) is 0. The number of amides is 2. The molecule has 138 valence electrons. The highest BCUT2D eigenvalue weighted by atomic mass is 35.5. The maximum atomic E-state index is 12.2. The molecule has 0 bridgehead atoms. The van der Waals surface area contributed by atoms with Crippen LogP contribution in [0.5, 0.6) is 0 Å². The second-order valence-corrected chi connectivity index (χ2v) is 7.42. The average molecular weight is 398 g/mol. The molecule has 0 atom stereocenters. The third kappa shape index (κ3) is 4.58. The maximum Gasteiger partial charge on any atom is 0.269 e. The number of carbonyl (C=O) groups is 2. The van der Waals surface area contributed by atoms with Gasteiger partial charge in [-0.2, -0.15) is 0 Å². The zero-order valence-corrected chi connectivity index (χ0v) is 15.5. The molecule has 0 aromatic heterocycles. The van der Waals surface area contributed by atoms with Gasteiger partial charge in [-0.15, -0.1) is 0 Å². The molecule has 0 fully saturated rings. The predicted molar refractivity (Wildman–Crippen MR) is 94.8 cm³/mol. The molecular formula is C16H16ClN3O5S. The molecule has 0 aliphatic rings. The number of hydrogen-bond donors (Lipinski definition) is 2. The summed E-state index contributed by atoms with van der Waals surface area (Å²) in [5, 5.41) is 0.379. The highest BCUT2D eigenvalue weighted by molar-refractivity contribution is 7.89. The van der Waals surface area contributed by atoms with E-state index in [1.807, 2.05) is 0 Å². The van der Waals surface area contributed by atoms with E-state index in [4.69, 9.17) is 11.6 Å². The molecule has 0 aliphatic heterocycles. The highest BCUT2D eigenvalue weighted by Crippen LogP contribution is 2.16. The van der Waals surface area contributed by atoms with Crippen molar-refractivity contribution in [3.8, 4) is 0 Å². The van der Waals surface area contributed by atoms with Gasteiger partial charge in [-0.05, 0) is 36.4 Å². The minimum atomic E-state index is -3.89. The SMILES string of the molecule is CON(C)S(=O)(=O)c1cccc(C(=O)NNC(=O)c2cccc(Cl)c2)c1. The molecule has 0 saturated carbocycles. The summed E-state index contributed by atoms with van der Waals surface area (Å²) in [5.74, 6) is -1.25. The number of rotatable bonds is 5. The van der Waals surface area contributed by atoms with Gasteiger partial charge < -0.3 is 0 Å². The van der Waals surface area contributed by atoms with Crippen molar-refractivity contribution in [1.29, 1.82) is 0 Å². The van der Waals surface area contributed by atoms with E-state index in [-0.39, 0.29) is 16.0 Å². The third-order valence-corrected chi connectivity index (χ3v) is 5.28. The number of nitrogens with zero attached hydrogens (tertiary/aromatic N) is 1. The predicted octanol–water partition coefficient (Wildman–Crippen LogP) is 1.60. The van der Waals surface area contributed by atoms with Crippen molar-refractivity contribution >= 4 is 33.4 Å². The van der Waals surface area contributed by atoms with E-state index < -0.39 is 21.8 Å². The minimum absolute atomic E-state index is 0.0435. The third-order valence-electron chi connectivity index (χ3n) is 3.37. The Morgan fingerprint density at radius 3 is 2.08 bits per heavy atom. The summed E-state index contributed by atoms with van der Waals surface area (Å²) in [7, 11) is -1.46. The van der Waals surface area contributed by atoms with Gasteiger partial charge in [-0.1, -0.05) is 28.2 Å². The Morgan fingerprint density at radius 1 is 1.00 bits per heavy atom. The molecule has 0 unspecified atom stereocenters. The van der Waals surface area contributed by atoms with Crippen molar-refractivity contribution in [3.05, 3.63) is 64.7 Å². The first-order valence-corrected chi connectivity index (χ1v) is 9.07. The molecule has 0 radical (unpaired) electrons. The largest absolute Gasteiger partial charge is 0.288 e. The van der Waals surface area contributed by atoms with Crippen molar-refractivity contribution in [2.24, 2.45) is 0 Å². The quantitative estimate of drug-likeness (QED) is 0.745. The van der Waals surface area contributed by atoms with Crippen molar-refractivity contribution in [1.82, 2.24) is 15.3 Å². The van der Waals surface area contributed by atoms with E-state index >= 15 is 0 Å². The lowest BCUT2D eigenvalue weighted by atomic mass is 10.2. The van der Waals surface area contributed by atoms with E-state index in [0.29, 0.717) is 9.49 Å². The normalized spacial score (nSPS) is 11.2. The molecule has 2 aromatic rings. The standard InChI is InChI=1S/C16H16ClN3O5S/c1-20(25-2)26(23,24)14-8-4-6-12(10-14)16(22)19-18-15(21)11-5-3-7-13(17)9-11/h3-10H,1-2H3,(H,18,21)(H,19,22). The van der Waals surface area contributed by atoms with Crippen LogP contribution in [0.3, 0.4) is 0 Å². The Labute approximate surface area is 155 Å². The molecule has 8 nitrogen and oxygen atoms in total. The summed E-state index contributed by atoms with van der Waals surface area (Å²) in [6.07, 6.45) is 0. The van der Waals surface area contributed by atoms with Gasteiger partial charge in [0.05, 0.1) is 12.0 Å². The molecule has 26 heavy (non-hydrogen) atoms. The lowest BCUT2D eigenvalue weighted by Crippen LogP contribution is -2.41. The fourth-order valence-corrected chi connectivity index (χ4v) is 3.14. The molecule has 2 aromatic carbocycles. The van der Waals surface area contributed by atoms with Crippen molar-refractivity contribution in [2.45, 2.75) is 4.90 Å². The Bertz CT molecular complexity index is 933. The number of carbonyl (C=O) groups excluding carboxylic acids is 2. The highest BCUT2D eigenvalue weighted by Gasteiger charge is 2.22. The van der Waals surface area contributed by atoms with E-state index in [0.717, 1.165) is 0 Å². The molecule has 0 saturated heterocycles. The maximum absolute atomic E-state index is 12.2. The van der Waals surface area contributed by atoms with Gasteiger partial charge in [0.2, 0.25) is 0 Å². The lowest BCUT2D eigenvalue weighted by Gasteiger charge is -2.14. The van der Waals surface area contributed by atoms with Crippen molar-refractivity contribution < 1.29 is 22.8 Å². The Morgan fingerprint density at radius 2 is 1.54 bits per heavy atom. The van der Waals surface area contributed by atoms with Gasteiger partial charge >= 0.3 is 0 Å². The minimum Gasteiger partial charge on any atom is -0.288 e. The van der Waals surface area contributed by atoms with E-state index in [9.17, 15) is 18.0 Å². The summed E-state index contributed by atoms with van der Waals surface area (Å²) in [5.41, 5.74) is 4.76. The Kier molecular flexibility index (Phi) is 6.32. The van der Waals surface area contributed by atoms with Crippen LogP contribution < -0.4 is 10.9 Å². The summed E-state index contributed by atoms with van der Waals surface area (Å²) in [4.78, 5) is 28.7. The summed E-state index contributed by atoms with van der Waals surface area (Å²) in [6, 6.07) is 11.5. The number of benzene rings is 2. The van der Waals surface area contributed by atoms with E-state index in [1.165, 1.54) is 50.6 Å². The van der Waals surface area contributed by atoms with Crippen LogP contribution in [0.4, 0.5) is 0 Å². The molecule has 0 spiro atoms. The number of hydroxylamine groups is 1. The lowest BCUT2D eigenvalue weighted by molar-refractivity contribution is -0.0258. The number of hydrazine groups is 1. The van der Waals surface area contributed by atoms with Gasteiger partial charge in [0.1, 0.15) is 0 Å². The van der Waals surface area contributed by atoms with Crippen LogP contribution in [-0.2, 0) is 14.9 Å². The van der Waals surface area contributed by atoms with Gasteiger partial charge in [0.25, 0.3) is 21.8 Å². The molecular weight excluding hydrogens is 382 g/mol. The van der Waals surface area contributed by atoms with Gasteiger partial charge in [-0.3, -0.25) is 25.3 Å². The molecule has 0 heterocycles. The molecule has 2 amide bonds. The van der Waals surface area contributed by atoms with Crippen LogP contribution in [0, 0.1) is 0 Å². The molecule has 2 N–H and O–H groups in total. The Hall–Kier alpha value is -2.46. The van der Waals surface area contributed by atoms with Crippen LogP contribution >= 0.6 is 11.6 Å². The first kappa shape index (κ1) is 19.9. The molecule has 10 heteroatoms. The van der Waals surface area contributed by atoms with Crippen molar-refractivity contribution in [3.63, 3.8) is 0 Å². The average Bonchev–Trinajstić information content (AvgIpc) is 2.65.